The van der Waals surface area contributed by atoms with Gasteiger partial charge in [-0.25, -0.2) is 0 Å². The summed E-state index contributed by atoms with van der Waals surface area (Å²) in [5.41, 5.74) is 11.4. The van der Waals surface area contributed by atoms with Crippen LogP contribution < -0.4 is 4.90 Å². The number of rotatable bonds is 4. The van der Waals surface area contributed by atoms with Crippen molar-refractivity contribution in [2.75, 3.05) is 4.90 Å². The summed E-state index contributed by atoms with van der Waals surface area (Å²) < 4.78 is 0. The molecule has 1 nitrogen and oxygen atoms in total. The standard InChI is InChI=1S/C45H33N/c1-45(2)41-24-14-13-20-35(41)40-29-33(25-26-42(40)45)46(32-17-7-4-8-18-32)43-28-31-27-39(30-15-5-3-6-16-30)34-19-9-11-22-37(34)44(31)38-23-12-10-21-36(38)43/h3-29H,1-2H3. The van der Waals surface area contributed by atoms with Crippen LogP contribution in [0.4, 0.5) is 17.1 Å². The van der Waals surface area contributed by atoms with Crippen molar-refractivity contribution in [1.82, 2.24) is 0 Å². The molecule has 0 spiro atoms. The van der Waals surface area contributed by atoms with Gasteiger partial charge in [-0.1, -0.05) is 141 Å². The number of fused-ring (bicyclic) bond motifs is 8. The summed E-state index contributed by atoms with van der Waals surface area (Å²) in [5.74, 6) is 0. The van der Waals surface area contributed by atoms with E-state index in [9.17, 15) is 0 Å². The maximum atomic E-state index is 2.45. The molecule has 9 rings (SSSR count). The summed E-state index contributed by atoms with van der Waals surface area (Å²) in [6.07, 6.45) is 0. The van der Waals surface area contributed by atoms with E-state index in [-0.39, 0.29) is 5.41 Å². The van der Waals surface area contributed by atoms with Gasteiger partial charge in [0, 0.05) is 22.2 Å². The van der Waals surface area contributed by atoms with Crippen molar-refractivity contribution in [3.05, 3.63) is 175 Å². The SMILES string of the molecule is CC1(C)c2ccccc2-c2cc(N(c3ccccc3)c3cc4cc(-c5ccccc5)c5ccccc5c4c4ccccc34)ccc21. The summed E-state index contributed by atoms with van der Waals surface area (Å²) in [4.78, 5) is 2.45. The zero-order valence-electron chi connectivity index (χ0n) is 26.0. The Labute approximate surface area is 270 Å². The quantitative estimate of drug-likeness (QED) is 0.185. The molecule has 218 valence electrons. The van der Waals surface area contributed by atoms with E-state index in [1.165, 1.54) is 71.4 Å². The summed E-state index contributed by atoms with van der Waals surface area (Å²) in [7, 11) is 0. The molecule has 0 bridgehead atoms. The van der Waals surface area contributed by atoms with E-state index in [0.29, 0.717) is 0 Å². The fourth-order valence-corrected chi connectivity index (χ4v) is 7.85. The second-order valence-electron chi connectivity index (χ2n) is 12.9. The largest absolute Gasteiger partial charge is 0.310 e. The van der Waals surface area contributed by atoms with Crippen molar-refractivity contribution in [1.29, 1.82) is 0 Å². The highest BCUT2D eigenvalue weighted by atomic mass is 15.1. The first-order valence-electron chi connectivity index (χ1n) is 16.1. The lowest BCUT2D eigenvalue weighted by Crippen LogP contribution is -2.15. The fraction of sp³-hybridized carbons (Fsp3) is 0.0667. The number of hydrogen-bond acceptors (Lipinski definition) is 1. The van der Waals surface area contributed by atoms with Gasteiger partial charge < -0.3 is 4.90 Å². The van der Waals surface area contributed by atoms with Crippen LogP contribution in [0.25, 0.3) is 54.6 Å². The Morgan fingerprint density at radius 3 is 1.76 bits per heavy atom. The minimum Gasteiger partial charge on any atom is -0.310 e. The highest BCUT2D eigenvalue weighted by molar-refractivity contribution is 6.26. The maximum Gasteiger partial charge on any atom is 0.0546 e. The van der Waals surface area contributed by atoms with Crippen LogP contribution in [-0.2, 0) is 5.41 Å². The van der Waals surface area contributed by atoms with Gasteiger partial charge in [-0.2, -0.15) is 0 Å². The molecule has 0 saturated heterocycles. The first-order chi connectivity index (χ1) is 22.6. The Kier molecular flexibility index (Phi) is 5.92. The Bertz CT molecular complexity index is 2440. The Hall–Kier alpha value is -5.66. The van der Waals surface area contributed by atoms with Crippen LogP contribution in [-0.4, -0.2) is 0 Å². The van der Waals surface area contributed by atoms with Crippen molar-refractivity contribution >= 4 is 49.4 Å². The number of benzene rings is 8. The van der Waals surface area contributed by atoms with Crippen LogP contribution in [0, 0.1) is 0 Å². The zero-order valence-corrected chi connectivity index (χ0v) is 26.0. The third-order valence-electron chi connectivity index (χ3n) is 10.0. The van der Waals surface area contributed by atoms with Crippen molar-refractivity contribution in [2.45, 2.75) is 19.3 Å². The molecular weight excluding hydrogens is 555 g/mol. The molecule has 0 heterocycles. The van der Waals surface area contributed by atoms with Gasteiger partial charge in [0.15, 0.2) is 0 Å². The van der Waals surface area contributed by atoms with Gasteiger partial charge in [0.25, 0.3) is 0 Å². The van der Waals surface area contributed by atoms with E-state index >= 15 is 0 Å². The summed E-state index contributed by atoms with van der Waals surface area (Å²) in [6.45, 7) is 4.69. The smallest absolute Gasteiger partial charge is 0.0546 e. The normalized spacial score (nSPS) is 13.2. The number of nitrogens with zero attached hydrogens (tertiary/aromatic N) is 1. The minimum absolute atomic E-state index is 0.0351. The van der Waals surface area contributed by atoms with Crippen molar-refractivity contribution in [3.63, 3.8) is 0 Å². The molecular formula is C45H33N. The molecule has 46 heavy (non-hydrogen) atoms. The van der Waals surface area contributed by atoms with Gasteiger partial charge in [0.2, 0.25) is 0 Å². The van der Waals surface area contributed by atoms with E-state index in [2.05, 4.69) is 183 Å². The summed E-state index contributed by atoms with van der Waals surface area (Å²) >= 11 is 0. The molecule has 0 aliphatic heterocycles. The predicted molar refractivity (Wildman–Crippen MR) is 197 cm³/mol. The van der Waals surface area contributed by atoms with Gasteiger partial charge >= 0.3 is 0 Å². The predicted octanol–water partition coefficient (Wildman–Crippen LogP) is 12.6. The van der Waals surface area contributed by atoms with E-state index in [1.54, 1.807) is 0 Å². The molecule has 0 radical (unpaired) electrons. The first kappa shape index (κ1) is 26.7. The van der Waals surface area contributed by atoms with Crippen LogP contribution in [0.3, 0.4) is 0 Å². The van der Waals surface area contributed by atoms with Crippen LogP contribution in [0.5, 0.6) is 0 Å². The molecule has 0 N–H and O–H groups in total. The van der Waals surface area contributed by atoms with E-state index in [0.717, 1.165) is 11.4 Å². The number of hydrogen-bond donors (Lipinski definition) is 0. The van der Waals surface area contributed by atoms with Crippen molar-refractivity contribution < 1.29 is 0 Å². The van der Waals surface area contributed by atoms with E-state index in [4.69, 9.17) is 0 Å². The van der Waals surface area contributed by atoms with Gasteiger partial charge in [0.05, 0.1) is 5.69 Å². The second-order valence-corrected chi connectivity index (χ2v) is 12.9. The molecule has 0 fully saturated rings. The van der Waals surface area contributed by atoms with Gasteiger partial charge in [-0.3, -0.25) is 0 Å². The lowest BCUT2D eigenvalue weighted by Gasteiger charge is -2.29. The van der Waals surface area contributed by atoms with Crippen LogP contribution >= 0.6 is 0 Å². The molecule has 8 aromatic rings. The molecule has 0 amide bonds. The van der Waals surface area contributed by atoms with Crippen LogP contribution in [0.15, 0.2) is 164 Å². The summed E-state index contributed by atoms with van der Waals surface area (Å²) in [5, 5.41) is 7.59. The fourth-order valence-electron chi connectivity index (χ4n) is 7.85. The zero-order chi connectivity index (χ0) is 30.8. The molecule has 1 aliphatic carbocycles. The molecule has 1 heteroatoms. The molecule has 0 atom stereocenters. The average molecular weight is 588 g/mol. The molecule has 1 aliphatic rings. The highest BCUT2D eigenvalue weighted by Gasteiger charge is 2.35. The average Bonchev–Trinajstić information content (AvgIpc) is 3.34. The molecule has 8 aromatic carbocycles. The number of anilines is 3. The van der Waals surface area contributed by atoms with Gasteiger partial charge in [-0.15, -0.1) is 0 Å². The first-order valence-corrected chi connectivity index (χ1v) is 16.1. The topological polar surface area (TPSA) is 3.24 Å². The Morgan fingerprint density at radius 1 is 0.413 bits per heavy atom. The summed E-state index contributed by atoms with van der Waals surface area (Å²) in [6, 6.07) is 60.2. The lowest BCUT2D eigenvalue weighted by atomic mass is 9.82. The number of para-hydroxylation sites is 1. The van der Waals surface area contributed by atoms with Crippen LogP contribution in [0.2, 0.25) is 0 Å². The van der Waals surface area contributed by atoms with Crippen LogP contribution in [0.1, 0.15) is 25.0 Å². The van der Waals surface area contributed by atoms with E-state index < -0.39 is 0 Å². The monoisotopic (exact) mass is 587 g/mol. The Morgan fingerprint density at radius 2 is 1.00 bits per heavy atom. The highest BCUT2D eigenvalue weighted by Crippen LogP contribution is 2.51. The molecule has 0 aromatic heterocycles. The third-order valence-corrected chi connectivity index (χ3v) is 10.0. The maximum absolute atomic E-state index is 2.45. The Balaban J connectivity index is 1.36. The second kappa shape index (κ2) is 10.2. The molecule has 0 unspecified atom stereocenters. The van der Waals surface area contributed by atoms with Crippen molar-refractivity contribution in [3.8, 4) is 22.3 Å². The lowest BCUT2D eigenvalue weighted by molar-refractivity contribution is 0.660. The minimum atomic E-state index is -0.0351. The van der Waals surface area contributed by atoms with Crippen molar-refractivity contribution in [2.24, 2.45) is 0 Å². The third kappa shape index (κ3) is 3.95. The van der Waals surface area contributed by atoms with Gasteiger partial charge in [-0.05, 0) is 96.7 Å². The van der Waals surface area contributed by atoms with Gasteiger partial charge in [0.1, 0.15) is 0 Å². The molecule has 0 saturated carbocycles. The van der Waals surface area contributed by atoms with E-state index in [1.807, 2.05) is 0 Å².